The number of fused-ring (bicyclic) bond motifs is 5. The molecule has 0 spiro atoms. The quantitative estimate of drug-likeness (QED) is 0.763. The first-order valence-corrected chi connectivity index (χ1v) is 11.1. The number of methoxy groups -OCH3 is 1. The fourth-order valence-corrected chi connectivity index (χ4v) is 8.46. The molecule has 4 aliphatic rings. The fourth-order valence-electron chi connectivity index (χ4n) is 8.46. The van der Waals surface area contributed by atoms with E-state index in [1.807, 2.05) is 21.0 Å². The van der Waals surface area contributed by atoms with Crippen LogP contribution in [0.1, 0.15) is 79.1 Å². The van der Waals surface area contributed by atoms with E-state index in [9.17, 15) is 10.2 Å². The molecule has 0 heterocycles. The Morgan fingerprint density at radius 2 is 1.65 bits per heavy atom. The summed E-state index contributed by atoms with van der Waals surface area (Å²) < 4.78 is 6.13. The van der Waals surface area contributed by atoms with E-state index in [1.165, 1.54) is 25.7 Å². The van der Waals surface area contributed by atoms with E-state index < -0.39 is 5.60 Å². The normalized spacial score (nSPS) is 57.8. The second kappa shape index (κ2) is 6.19. The molecule has 1 unspecified atom stereocenters. The highest BCUT2D eigenvalue weighted by Gasteiger charge is 2.63. The fraction of sp³-hybridized carbons (Fsp3) is 1.00. The summed E-state index contributed by atoms with van der Waals surface area (Å²) in [6.45, 7) is 9.02. The van der Waals surface area contributed by atoms with Crippen molar-refractivity contribution in [2.75, 3.05) is 7.11 Å². The molecule has 4 rings (SSSR count). The lowest BCUT2D eigenvalue weighted by molar-refractivity contribution is -0.193. The van der Waals surface area contributed by atoms with Gasteiger partial charge in [0, 0.05) is 7.11 Å². The molecule has 0 aromatic rings. The lowest BCUT2D eigenvalue weighted by Gasteiger charge is -2.63. The second-order valence-electron chi connectivity index (χ2n) is 11.2. The summed E-state index contributed by atoms with van der Waals surface area (Å²) in [5, 5.41) is 21.1. The van der Waals surface area contributed by atoms with E-state index in [1.54, 1.807) is 0 Å². The molecule has 0 aromatic heterocycles. The van der Waals surface area contributed by atoms with Crippen molar-refractivity contribution in [3.8, 4) is 0 Å². The molecule has 0 radical (unpaired) electrons. The standard InChI is InChI=1S/C23H40O3/c1-14(24)16-6-7-17-20-18(8-9-23(16,17)4)22(3)11-10-21(2,25)13-15(22)12-19(20)26-5/h14-20,24-25H,6-13H2,1-5H3/t14?,15-,16+,17-,18-,19+,20-,21+,22-,23+/m0/s1. The second-order valence-corrected chi connectivity index (χ2v) is 11.2. The zero-order valence-corrected chi connectivity index (χ0v) is 17.5. The van der Waals surface area contributed by atoms with Crippen molar-refractivity contribution in [1.29, 1.82) is 0 Å². The van der Waals surface area contributed by atoms with Gasteiger partial charge < -0.3 is 14.9 Å². The highest BCUT2D eigenvalue weighted by Crippen LogP contribution is 2.68. The van der Waals surface area contributed by atoms with Crippen LogP contribution in [0.5, 0.6) is 0 Å². The van der Waals surface area contributed by atoms with Gasteiger partial charge in [0.05, 0.1) is 17.8 Å². The summed E-state index contributed by atoms with van der Waals surface area (Å²) in [6, 6.07) is 0. The van der Waals surface area contributed by atoms with Gasteiger partial charge in [0.25, 0.3) is 0 Å². The zero-order chi connectivity index (χ0) is 18.9. The average molecular weight is 365 g/mol. The van der Waals surface area contributed by atoms with Gasteiger partial charge >= 0.3 is 0 Å². The van der Waals surface area contributed by atoms with Gasteiger partial charge in [0.1, 0.15) is 0 Å². The van der Waals surface area contributed by atoms with Crippen LogP contribution in [0.25, 0.3) is 0 Å². The van der Waals surface area contributed by atoms with Crippen LogP contribution in [0.4, 0.5) is 0 Å². The van der Waals surface area contributed by atoms with Crippen LogP contribution in [0.3, 0.4) is 0 Å². The Balaban J connectivity index is 1.67. The molecule has 0 aliphatic heterocycles. The first kappa shape index (κ1) is 19.2. The summed E-state index contributed by atoms with van der Waals surface area (Å²) in [7, 11) is 1.90. The molecule has 26 heavy (non-hydrogen) atoms. The third-order valence-corrected chi connectivity index (χ3v) is 9.91. The summed E-state index contributed by atoms with van der Waals surface area (Å²) in [6.07, 6.45) is 9.23. The molecule has 0 aromatic carbocycles. The van der Waals surface area contributed by atoms with Gasteiger partial charge in [0.15, 0.2) is 0 Å². The Kier molecular flexibility index (Phi) is 4.57. The molecule has 10 atom stereocenters. The largest absolute Gasteiger partial charge is 0.393 e. The van der Waals surface area contributed by atoms with E-state index in [4.69, 9.17) is 4.74 Å². The number of aliphatic hydroxyl groups excluding tert-OH is 1. The van der Waals surface area contributed by atoms with Crippen molar-refractivity contribution < 1.29 is 14.9 Å². The van der Waals surface area contributed by atoms with Gasteiger partial charge in [-0.3, -0.25) is 0 Å². The zero-order valence-electron chi connectivity index (χ0n) is 17.5. The third kappa shape index (κ3) is 2.63. The molecule has 2 N–H and O–H groups in total. The van der Waals surface area contributed by atoms with Crippen LogP contribution in [0, 0.1) is 40.4 Å². The minimum absolute atomic E-state index is 0.195. The van der Waals surface area contributed by atoms with E-state index in [0.717, 1.165) is 25.7 Å². The van der Waals surface area contributed by atoms with Gasteiger partial charge in [-0.1, -0.05) is 13.8 Å². The minimum atomic E-state index is -0.497. The van der Waals surface area contributed by atoms with E-state index in [0.29, 0.717) is 41.1 Å². The smallest absolute Gasteiger partial charge is 0.0622 e. The predicted octanol–water partition coefficient (Wildman–Crippen LogP) is 4.40. The molecule has 3 heteroatoms. The van der Waals surface area contributed by atoms with Gasteiger partial charge in [-0.15, -0.1) is 0 Å². The molecular weight excluding hydrogens is 324 g/mol. The Bertz CT molecular complexity index is 544. The van der Waals surface area contributed by atoms with Crippen LogP contribution < -0.4 is 0 Å². The van der Waals surface area contributed by atoms with E-state index in [2.05, 4.69) is 13.8 Å². The Morgan fingerprint density at radius 1 is 0.962 bits per heavy atom. The van der Waals surface area contributed by atoms with Gasteiger partial charge in [0.2, 0.25) is 0 Å². The maximum absolute atomic E-state index is 10.7. The molecule has 0 bridgehead atoms. The molecule has 0 amide bonds. The summed E-state index contributed by atoms with van der Waals surface area (Å²) in [5.41, 5.74) is 0.130. The van der Waals surface area contributed by atoms with Crippen LogP contribution in [0.15, 0.2) is 0 Å². The highest BCUT2D eigenvalue weighted by molar-refractivity contribution is 5.12. The molecule has 150 valence electrons. The Labute approximate surface area is 159 Å². The Hall–Kier alpha value is -0.120. The maximum atomic E-state index is 10.7. The topological polar surface area (TPSA) is 49.7 Å². The minimum Gasteiger partial charge on any atom is -0.393 e. The molecule has 4 aliphatic carbocycles. The summed E-state index contributed by atoms with van der Waals surface area (Å²) in [4.78, 5) is 0. The SMILES string of the molecule is CO[C@@H]1C[C@H]2C[C@](C)(O)CC[C@]2(C)[C@H]2CC[C@]3(C)[C@@H](C(C)O)CC[C@H]3[C@H]12. The number of ether oxygens (including phenoxy) is 1. The first-order valence-electron chi connectivity index (χ1n) is 11.1. The summed E-state index contributed by atoms with van der Waals surface area (Å²) in [5.74, 6) is 3.06. The van der Waals surface area contributed by atoms with Crippen LogP contribution in [0.2, 0.25) is 0 Å². The van der Waals surface area contributed by atoms with Crippen molar-refractivity contribution in [3.05, 3.63) is 0 Å². The van der Waals surface area contributed by atoms with Crippen molar-refractivity contribution in [3.63, 3.8) is 0 Å². The lowest BCUT2D eigenvalue weighted by Crippen LogP contribution is -2.60. The van der Waals surface area contributed by atoms with Crippen molar-refractivity contribution in [1.82, 2.24) is 0 Å². The van der Waals surface area contributed by atoms with Crippen LogP contribution in [-0.2, 0) is 4.74 Å². The van der Waals surface area contributed by atoms with Crippen LogP contribution >= 0.6 is 0 Å². The Morgan fingerprint density at radius 3 is 2.31 bits per heavy atom. The van der Waals surface area contributed by atoms with Gasteiger partial charge in [-0.2, -0.15) is 0 Å². The van der Waals surface area contributed by atoms with Crippen molar-refractivity contribution >= 4 is 0 Å². The molecule has 0 saturated heterocycles. The monoisotopic (exact) mass is 364 g/mol. The van der Waals surface area contributed by atoms with Gasteiger partial charge in [-0.05, 0) is 106 Å². The summed E-state index contributed by atoms with van der Waals surface area (Å²) >= 11 is 0. The highest BCUT2D eigenvalue weighted by atomic mass is 16.5. The van der Waals surface area contributed by atoms with E-state index >= 15 is 0 Å². The molecular formula is C23H40O3. The maximum Gasteiger partial charge on any atom is 0.0622 e. The number of hydrogen-bond acceptors (Lipinski definition) is 3. The molecule has 4 saturated carbocycles. The average Bonchev–Trinajstić information content (AvgIpc) is 2.92. The number of aliphatic hydroxyl groups is 2. The first-order chi connectivity index (χ1) is 12.1. The lowest BCUT2D eigenvalue weighted by atomic mass is 9.43. The number of hydrogen-bond donors (Lipinski definition) is 2. The van der Waals surface area contributed by atoms with Crippen molar-refractivity contribution in [2.24, 2.45) is 40.4 Å². The predicted molar refractivity (Wildman–Crippen MR) is 104 cm³/mol. The van der Waals surface area contributed by atoms with Crippen LogP contribution in [-0.4, -0.2) is 35.1 Å². The van der Waals surface area contributed by atoms with Gasteiger partial charge in [-0.25, -0.2) is 0 Å². The van der Waals surface area contributed by atoms with E-state index in [-0.39, 0.29) is 11.5 Å². The molecule has 3 nitrogen and oxygen atoms in total. The third-order valence-electron chi connectivity index (χ3n) is 9.91. The number of rotatable bonds is 2. The van der Waals surface area contributed by atoms with Crippen molar-refractivity contribution in [2.45, 2.75) is 96.9 Å². The molecule has 4 fully saturated rings.